The first kappa shape index (κ1) is 34.7. The van der Waals surface area contributed by atoms with Gasteiger partial charge in [0.25, 0.3) is 0 Å². The molecule has 234 valence electrons. The summed E-state index contributed by atoms with van der Waals surface area (Å²) in [6.45, 7) is 5.79. The van der Waals surface area contributed by atoms with Crippen molar-refractivity contribution in [3.05, 3.63) is 184 Å². The van der Waals surface area contributed by atoms with E-state index < -0.39 is 0 Å². The van der Waals surface area contributed by atoms with E-state index in [0.717, 1.165) is 5.57 Å². The molecule has 0 fully saturated rings. The van der Waals surface area contributed by atoms with Crippen LogP contribution in [0.2, 0.25) is 0 Å². The number of hydrogen-bond donors (Lipinski definition) is 0. The van der Waals surface area contributed by atoms with E-state index in [0.29, 0.717) is 0 Å². The monoisotopic (exact) mass is 754 g/mol. The van der Waals surface area contributed by atoms with Crippen molar-refractivity contribution in [2.75, 3.05) is 0 Å². The van der Waals surface area contributed by atoms with Gasteiger partial charge in [0.15, 0.2) is 0 Å². The minimum atomic E-state index is 1.16. The van der Waals surface area contributed by atoms with E-state index in [1.54, 1.807) is 6.08 Å². The Bertz CT molecular complexity index is 1880. The van der Waals surface area contributed by atoms with Gasteiger partial charge in [-0.2, -0.15) is 0 Å². The van der Waals surface area contributed by atoms with Gasteiger partial charge in [-0.1, -0.05) is 204 Å². The van der Waals surface area contributed by atoms with Gasteiger partial charge in [-0.25, -0.2) is 0 Å². The maximum absolute atomic E-state index is 3.74. The van der Waals surface area contributed by atoms with Crippen LogP contribution in [0, 0.1) is 0 Å². The average molecular weight is 755 g/mol. The summed E-state index contributed by atoms with van der Waals surface area (Å²) in [5, 5.41) is 8.66. The quantitative estimate of drug-likeness (QED) is 0.217. The second kappa shape index (κ2) is 18.0. The third-order valence-corrected chi connectivity index (χ3v) is 17.0. The summed E-state index contributed by atoms with van der Waals surface area (Å²) in [5.41, 5.74) is 4.77. The van der Waals surface area contributed by atoms with E-state index in [1.165, 1.54) is 53.2 Å². The van der Waals surface area contributed by atoms with Crippen LogP contribution in [0.1, 0.15) is 18.1 Å². The fourth-order valence-electron chi connectivity index (χ4n) is 4.43. The highest BCUT2D eigenvalue weighted by Gasteiger charge is 2.24. The van der Waals surface area contributed by atoms with Gasteiger partial charge in [-0.3, -0.25) is 0 Å². The molecule has 0 bridgehead atoms. The standard InChI is InChI=1S/C39H30S8/c1-3-5-7-8-9-11-15-29(31-19-21-33-35(27-31)47-39(45-33)37-42-24-25-43-37)17-13-10-12-16-28(14-6-4-2)30-18-20-32-34(26-30)46-38(44-32)36-40-22-23-41-36/h3-27H,1H2,2H3/b6-4+,7-5+,9-8+,13-10+,15-11+,16-12+,28-14-,29-17-. The van der Waals surface area contributed by atoms with Crippen LogP contribution in [-0.4, -0.2) is 0 Å². The largest absolute Gasteiger partial charge is 0.0991 e. The Hall–Kier alpha value is -2.14. The SMILES string of the molecule is C=C/C=C/C=C/C=C/C(=C/C=C/C=C/C(=C/C=C/C)c1ccc2c(c1)SC(=C1SC=CS1)S2)c1ccc2c(c1)SC(=C1SC=CS1)S2. The Morgan fingerprint density at radius 1 is 0.489 bits per heavy atom. The van der Waals surface area contributed by atoms with Crippen molar-refractivity contribution in [3.63, 3.8) is 0 Å². The molecule has 0 nitrogen and oxygen atoms in total. The summed E-state index contributed by atoms with van der Waals surface area (Å²) in [5.74, 6) is 0. The summed E-state index contributed by atoms with van der Waals surface area (Å²) in [6, 6.07) is 13.6. The Kier molecular flexibility index (Phi) is 13.3. The van der Waals surface area contributed by atoms with Crippen LogP contribution in [0.4, 0.5) is 0 Å². The third-order valence-electron chi connectivity index (χ3n) is 6.61. The van der Waals surface area contributed by atoms with E-state index in [9.17, 15) is 0 Å². The minimum absolute atomic E-state index is 1.16. The normalized spacial score (nSPS) is 18.4. The summed E-state index contributed by atoms with van der Waals surface area (Å²) >= 11 is 14.8. The third kappa shape index (κ3) is 9.52. The molecule has 0 unspecified atom stereocenters. The molecule has 4 aliphatic heterocycles. The zero-order valence-electron chi connectivity index (χ0n) is 25.4. The van der Waals surface area contributed by atoms with E-state index >= 15 is 0 Å². The van der Waals surface area contributed by atoms with Crippen LogP contribution >= 0.6 is 94.1 Å². The Morgan fingerprint density at radius 2 is 0.936 bits per heavy atom. The van der Waals surface area contributed by atoms with Crippen LogP contribution < -0.4 is 0 Å². The van der Waals surface area contributed by atoms with Crippen molar-refractivity contribution in [2.24, 2.45) is 0 Å². The Balaban J connectivity index is 1.20. The molecule has 2 aromatic carbocycles. The molecule has 0 saturated heterocycles. The van der Waals surface area contributed by atoms with E-state index in [4.69, 9.17) is 0 Å². The molecule has 47 heavy (non-hydrogen) atoms. The Labute approximate surface area is 312 Å². The second-order valence-electron chi connectivity index (χ2n) is 9.78. The van der Waals surface area contributed by atoms with Gasteiger partial charge < -0.3 is 0 Å². The maximum Gasteiger partial charge on any atom is 0.0706 e. The maximum atomic E-state index is 3.74. The predicted octanol–water partition coefficient (Wildman–Crippen LogP) is 15.2. The van der Waals surface area contributed by atoms with Gasteiger partial charge in [0.05, 0.1) is 16.9 Å². The number of benzene rings is 2. The first-order valence-corrected chi connectivity index (χ1v) is 21.5. The van der Waals surface area contributed by atoms with Gasteiger partial charge in [0.2, 0.25) is 0 Å². The highest BCUT2D eigenvalue weighted by atomic mass is 32.2. The lowest BCUT2D eigenvalue weighted by atomic mass is 10.0. The van der Waals surface area contributed by atoms with Crippen molar-refractivity contribution in [2.45, 2.75) is 26.5 Å². The molecule has 0 aromatic heterocycles. The van der Waals surface area contributed by atoms with Gasteiger partial charge in [0.1, 0.15) is 0 Å². The molecule has 0 radical (unpaired) electrons. The summed E-state index contributed by atoms with van der Waals surface area (Å²) in [4.78, 5) is 5.32. The van der Waals surface area contributed by atoms with Gasteiger partial charge in [-0.05, 0) is 75.1 Å². The molecule has 0 atom stereocenters. The highest BCUT2D eigenvalue weighted by Crippen LogP contribution is 2.58. The van der Waals surface area contributed by atoms with Gasteiger partial charge in [-0.15, -0.1) is 0 Å². The van der Waals surface area contributed by atoms with Crippen molar-refractivity contribution >= 4 is 105 Å². The topological polar surface area (TPSA) is 0 Å². The van der Waals surface area contributed by atoms with Crippen LogP contribution in [0.3, 0.4) is 0 Å². The molecule has 4 aliphatic rings. The second-order valence-corrected chi connectivity index (χ2v) is 18.7. The number of allylic oxidation sites excluding steroid dienone is 17. The number of thioether (sulfide) groups is 8. The molecule has 4 heterocycles. The lowest BCUT2D eigenvalue weighted by molar-refractivity contribution is 1.26. The van der Waals surface area contributed by atoms with E-state index in [-0.39, 0.29) is 0 Å². The summed E-state index contributed by atoms with van der Waals surface area (Å²) in [7, 11) is 0. The average Bonchev–Trinajstić information content (AvgIpc) is 3.92. The van der Waals surface area contributed by atoms with E-state index in [2.05, 4.69) is 132 Å². The molecular weight excluding hydrogens is 725 g/mol. The summed E-state index contributed by atoms with van der Waals surface area (Å²) < 4.78 is 5.53. The molecule has 2 aromatic rings. The molecular formula is C39H30S8. The molecule has 0 saturated carbocycles. The fourth-order valence-corrected chi connectivity index (χ4v) is 13.8. The smallest absolute Gasteiger partial charge is 0.0706 e. The number of rotatable bonds is 10. The van der Waals surface area contributed by atoms with E-state index in [1.807, 2.05) is 118 Å². The first-order chi connectivity index (χ1) is 23.2. The number of hydrogen-bond acceptors (Lipinski definition) is 8. The zero-order chi connectivity index (χ0) is 32.3. The first-order valence-electron chi connectivity index (χ1n) is 14.7. The van der Waals surface area contributed by atoms with Crippen LogP contribution in [-0.2, 0) is 0 Å². The Morgan fingerprint density at radius 3 is 1.45 bits per heavy atom. The van der Waals surface area contributed by atoms with Crippen molar-refractivity contribution in [1.29, 1.82) is 0 Å². The summed E-state index contributed by atoms with van der Waals surface area (Å²) in [6.07, 6.45) is 31.1. The lowest BCUT2D eigenvalue weighted by Crippen LogP contribution is -1.83. The van der Waals surface area contributed by atoms with Crippen LogP contribution in [0.15, 0.2) is 192 Å². The molecule has 0 N–H and O–H groups in total. The molecule has 6 rings (SSSR count). The van der Waals surface area contributed by atoms with Gasteiger partial charge in [0, 0.05) is 19.6 Å². The van der Waals surface area contributed by atoms with Crippen molar-refractivity contribution < 1.29 is 0 Å². The van der Waals surface area contributed by atoms with Crippen molar-refractivity contribution in [1.82, 2.24) is 0 Å². The molecule has 0 aliphatic carbocycles. The lowest BCUT2D eigenvalue weighted by Gasteiger charge is -2.05. The molecule has 8 heteroatoms. The number of fused-ring (bicyclic) bond motifs is 2. The highest BCUT2D eigenvalue weighted by molar-refractivity contribution is 8.32. The zero-order valence-corrected chi connectivity index (χ0v) is 31.9. The fraction of sp³-hybridized carbons (Fsp3) is 0.0256. The van der Waals surface area contributed by atoms with Crippen molar-refractivity contribution in [3.8, 4) is 0 Å². The predicted molar refractivity (Wildman–Crippen MR) is 226 cm³/mol. The molecule has 0 amide bonds. The van der Waals surface area contributed by atoms with Gasteiger partial charge >= 0.3 is 0 Å². The van der Waals surface area contributed by atoms with Crippen LogP contribution in [0.25, 0.3) is 11.1 Å². The molecule has 0 spiro atoms. The van der Waals surface area contributed by atoms with Crippen LogP contribution in [0.5, 0.6) is 0 Å². The minimum Gasteiger partial charge on any atom is -0.0991 e.